The summed E-state index contributed by atoms with van der Waals surface area (Å²) in [4.78, 5) is 20.8. The van der Waals surface area contributed by atoms with Crippen LogP contribution in [0.2, 0.25) is 0 Å². The summed E-state index contributed by atoms with van der Waals surface area (Å²) >= 11 is 0. The van der Waals surface area contributed by atoms with Gasteiger partial charge in [0.1, 0.15) is 0 Å². The number of pyridine rings is 1. The first-order chi connectivity index (χ1) is 12.7. The van der Waals surface area contributed by atoms with Crippen molar-refractivity contribution in [3.05, 3.63) is 41.6 Å². The Balaban J connectivity index is 1.92. The third-order valence-corrected chi connectivity index (χ3v) is 5.39. The van der Waals surface area contributed by atoms with Crippen molar-refractivity contribution in [2.75, 3.05) is 20.1 Å². The number of amides is 1. The Morgan fingerprint density at radius 3 is 2.44 bits per heavy atom. The standard InChI is InChI=1S/C20H24F3N3O/c1-13(2)26-10-8-14(9-11-26)25(3)19(27)16-12-24-17-7-5-4-6-15(17)18(16)20(21,22)23/h4-7,12-14H,8-11H2,1-3H3. The average Bonchev–Trinajstić information content (AvgIpc) is 2.65. The highest BCUT2D eigenvalue weighted by molar-refractivity contribution is 6.00. The summed E-state index contributed by atoms with van der Waals surface area (Å²) in [6, 6.07) is 6.39. The van der Waals surface area contributed by atoms with Crippen LogP contribution in [0.1, 0.15) is 42.6 Å². The predicted molar refractivity (Wildman–Crippen MR) is 98.6 cm³/mol. The van der Waals surface area contributed by atoms with Crippen molar-refractivity contribution in [3.63, 3.8) is 0 Å². The van der Waals surface area contributed by atoms with Crippen molar-refractivity contribution in [1.82, 2.24) is 14.8 Å². The smallest absolute Gasteiger partial charge is 0.339 e. The summed E-state index contributed by atoms with van der Waals surface area (Å²) in [5, 5.41) is -0.0427. The second-order valence-electron chi connectivity index (χ2n) is 7.34. The summed E-state index contributed by atoms with van der Waals surface area (Å²) in [7, 11) is 1.59. The summed E-state index contributed by atoms with van der Waals surface area (Å²) in [5.41, 5.74) is -1.05. The number of hydrogen-bond donors (Lipinski definition) is 0. The van der Waals surface area contributed by atoms with Crippen LogP contribution >= 0.6 is 0 Å². The van der Waals surface area contributed by atoms with Gasteiger partial charge in [0.25, 0.3) is 5.91 Å². The molecule has 1 fully saturated rings. The Hall–Kier alpha value is -2.15. The van der Waals surface area contributed by atoms with Crippen LogP contribution in [0, 0.1) is 0 Å². The molecule has 0 unspecified atom stereocenters. The molecule has 0 spiro atoms. The zero-order valence-corrected chi connectivity index (χ0v) is 15.8. The van der Waals surface area contributed by atoms with E-state index >= 15 is 0 Å². The maximum atomic E-state index is 13.8. The number of piperidine rings is 1. The molecule has 146 valence electrons. The minimum Gasteiger partial charge on any atom is -0.339 e. The number of carbonyl (C=O) groups excluding carboxylic acids is 1. The molecule has 1 amide bonds. The van der Waals surface area contributed by atoms with E-state index in [1.165, 1.54) is 23.1 Å². The van der Waals surface area contributed by atoms with E-state index in [2.05, 4.69) is 23.7 Å². The topological polar surface area (TPSA) is 36.4 Å². The van der Waals surface area contributed by atoms with E-state index in [0.717, 1.165) is 32.1 Å². The predicted octanol–water partition coefficient (Wildman–Crippen LogP) is 4.20. The second kappa shape index (κ2) is 7.46. The summed E-state index contributed by atoms with van der Waals surface area (Å²) in [6.07, 6.45) is -2.06. The SMILES string of the molecule is CC(C)N1CCC(N(C)C(=O)c2cnc3ccccc3c2C(F)(F)F)CC1. The molecule has 0 saturated carbocycles. The molecule has 0 N–H and O–H groups in total. The Kier molecular flexibility index (Phi) is 5.42. The van der Waals surface area contributed by atoms with E-state index < -0.39 is 17.6 Å². The van der Waals surface area contributed by atoms with E-state index in [9.17, 15) is 18.0 Å². The van der Waals surface area contributed by atoms with Crippen molar-refractivity contribution in [3.8, 4) is 0 Å². The number of aromatic nitrogens is 1. The largest absolute Gasteiger partial charge is 0.417 e. The molecule has 7 heteroatoms. The fraction of sp³-hybridized carbons (Fsp3) is 0.500. The normalized spacial score (nSPS) is 16.9. The number of para-hydroxylation sites is 1. The number of likely N-dealkylation sites (tertiary alicyclic amines) is 1. The molecule has 2 aromatic rings. The Bertz CT molecular complexity index is 827. The molecule has 0 radical (unpaired) electrons. The number of nitrogens with zero attached hydrogens (tertiary/aromatic N) is 3. The zero-order valence-electron chi connectivity index (χ0n) is 15.8. The van der Waals surface area contributed by atoms with Crippen LogP contribution in [0.3, 0.4) is 0 Å². The van der Waals surface area contributed by atoms with Crippen molar-refractivity contribution in [2.45, 2.75) is 44.9 Å². The van der Waals surface area contributed by atoms with Crippen LogP contribution in [0.25, 0.3) is 10.9 Å². The Morgan fingerprint density at radius 1 is 1.22 bits per heavy atom. The monoisotopic (exact) mass is 379 g/mol. The van der Waals surface area contributed by atoms with Crippen LogP contribution in [-0.2, 0) is 6.18 Å². The summed E-state index contributed by atoms with van der Waals surface area (Å²) in [5.74, 6) is -0.622. The molecule has 4 nitrogen and oxygen atoms in total. The summed E-state index contributed by atoms with van der Waals surface area (Å²) < 4.78 is 41.3. The molecule has 0 aliphatic carbocycles. The lowest BCUT2D eigenvalue weighted by atomic mass is 9.99. The number of rotatable bonds is 3. The minimum atomic E-state index is -4.63. The highest BCUT2D eigenvalue weighted by Gasteiger charge is 2.39. The van der Waals surface area contributed by atoms with Crippen molar-refractivity contribution < 1.29 is 18.0 Å². The molecular formula is C20H24F3N3O. The van der Waals surface area contributed by atoms with Gasteiger partial charge >= 0.3 is 6.18 Å². The molecule has 2 heterocycles. The lowest BCUT2D eigenvalue weighted by Gasteiger charge is -2.38. The van der Waals surface area contributed by atoms with Gasteiger partial charge in [0, 0.05) is 43.8 Å². The summed E-state index contributed by atoms with van der Waals surface area (Å²) in [6.45, 7) is 5.90. The molecule has 1 saturated heterocycles. The Morgan fingerprint density at radius 2 is 1.85 bits per heavy atom. The zero-order chi connectivity index (χ0) is 19.8. The number of halogens is 3. The highest BCUT2D eigenvalue weighted by atomic mass is 19.4. The van der Waals surface area contributed by atoms with Crippen LogP contribution < -0.4 is 0 Å². The molecule has 3 rings (SSSR count). The van der Waals surface area contributed by atoms with Gasteiger partial charge in [-0.1, -0.05) is 18.2 Å². The molecule has 0 atom stereocenters. The minimum absolute atomic E-state index is 0.0427. The van der Waals surface area contributed by atoms with Gasteiger partial charge in [-0.05, 0) is 32.8 Å². The van der Waals surface area contributed by atoms with Crippen LogP contribution in [0.4, 0.5) is 13.2 Å². The van der Waals surface area contributed by atoms with Gasteiger partial charge < -0.3 is 9.80 Å². The fourth-order valence-corrected chi connectivity index (χ4v) is 3.75. The molecule has 1 aliphatic heterocycles. The molecule has 0 bridgehead atoms. The molecule has 1 aromatic heterocycles. The van der Waals surface area contributed by atoms with E-state index in [0.29, 0.717) is 6.04 Å². The van der Waals surface area contributed by atoms with Crippen LogP contribution in [0.5, 0.6) is 0 Å². The fourth-order valence-electron chi connectivity index (χ4n) is 3.75. The quantitative estimate of drug-likeness (QED) is 0.802. The van der Waals surface area contributed by atoms with Crippen molar-refractivity contribution in [2.24, 2.45) is 0 Å². The molecule has 27 heavy (non-hydrogen) atoms. The number of carbonyl (C=O) groups is 1. The first-order valence-electron chi connectivity index (χ1n) is 9.16. The number of hydrogen-bond acceptors (Lipinski definition) is 3. The number of alkyl halides is 3. The molecule has 1 aromatic carbocycles. The molecule has 1 aliphatic rings. The van der Waals surface area contributed by atoms with Gasteiger partial charge in [0.05, 0.1) is 16.6 Å². The average molecular weight is 379 g/mol. The third kappa shape index (κ3) is 3.93. The van der Waals surface area contributed by atoms with Crippen molar-refractivity contribution >= 4 is 16.8 Å². The number of fused-ring (bicyclic) bond motifs is 1. The molecular weight excluding hydrogens is 355 g/mol. The van der Waals surface area contributed by atoms with E-state index in [-0.39, 0.29) is 22.5 Å². The number of benzene rings is 1. The van der Waals surface area contributed by atoms with E-state index in [1.807, 2.05) is 0 Å². The van der Waals surface area contributed by atoms with Crippen LogP contribution in [0.15, 0.2) is 30.5 Å². The van der Waals surface area contributed by atoms with Gasteiger partial charge in [-0.3, -0.25) is 9.78 Å². The van der Waals surface area contributed by atoms with E-state index in [1.54, 1.807) is 13.1 Å². The first-order valence-corrected chi connectivity index (χ1v) is 9.16. The maximum Gasteiger partial charge on any atom is 0.417 e. The highest BCUT2D eigenvalue weighted by Crippen LogP contribution is 2.37. The van der Waals surface area contributed by atoms with Gasteiger partial charge in [0.15, 0.2) is 0 Å². The lowest BCUT2D eigenvalue weighted by molar-refractivity contribution is -0.136. The van der Waals surface area contributed by atoms with Gasteiger partial charge in [-0.25, -0.2) is 0 Å². The van der Waals surface area contributed by atoms with Gasteiger partial charge in [0.2, 0.25) is 0 Å². The maximum absolute atomic E-state index is 13.8. The third-order valence-electron chi connectivity index (χ3n) is 5.39. The van der Waals surface area contributed by atoms with E-state index in [4.69, 9.17) is 0 Å². The first kappa shape index (κ1) is 19.6. The second-order valence-corrected chi connectivity index (χ2v) is 7.34. The van der Waals surface area contributed by atoms with Gasteiger partial charge in [-0.2, -0.15) is 13.2 Å². The lowest BCUT2D eigenvalue weighted by Crippen LogP contribution is -2.47. The Labute approximate surface area is 157 Å². The van der Waals surface area contributed by atoms with Crippen LogP contribution in [-0.4, -0.2) is 52.9 Å². The van der Waals surface area contributed by atoms with Gasteiger partial charge in [-0.15, -0.1) is 0 Å². The van der Waals surface area contributed by atoms with Crippen molar-refractivity contribution in [1.29, 1.82) is 0 Å².